The Hall–Kier alpha value is -2.42. The van der Waals surface area contributed by atoms with Gasteiger partial charge < -0.3 is 14.8 Å². The van der Waals surface area contributed by atoms with Crippen molar-refractivity contribution < 1.29 is 22.7 Å². The van der Waals surface area contributed by atoms with Crippen LogP contribution in [0.15, 0.2) is 53.4 Å². The van der Waals surface area contributed by atoms with Crippen LogP contribution in [0, 0.1) is 0 Å². The largest absolute Gasteiger partial charge is 0.491 e. The summed E-state index contributed by atoms with van der Waals surface area (Å²) in [5, 5.41) is 2.76. The van der Waals surface area contributed by atoms with Crippen LogP contribution in [0.5, 0.6) is 5.75 Å². The molecule has 0 aliphatic carbocycles. The van der Waals surface area contributed by atoms with E-state index < -0.39 is 10.0 Å². The van der Waals surface area contributed by atoms with Gasteiger partial charge in [-0.25, -0.2) is 12.7 Å². The van der Waals surface area contributed by atoms with Crippen molar-refractivity contribution in [2.24, 2.45) is 0 Å². The third-order valence-electron chi connectivity index (χ3n) is 4.45. The Kier molecular flexibility index (Phi) is 6.33. The molecule has 0 radical (unpaired) electrons. The van der Waals surface area contributed by atoms with E-state index in [9.17, 15) is 13.2 Å². The van der Waals surface area contributed by atoms with Gasteiger partial charge in [-0.2, -0.15) is 0 Å². The number of benzene rings is 2. The van der Waals surface area contributed by atoms with Crippen LogP contribution in [0.25, 0.3) is 0 Å². The number of amides is 1. The molecule has 1 N–H and O–H groups in total. The molecule has 1 aliphatic heterocycles. The number of nitrogens with one attached hydrogen (secondary N) is 1. The zero-order valence-corrected chi connectivity index (χ0v) is 16.7. The van der Waals surface area contributed by atoms with Gasteiger partial charge in [0, 0.05) is 32.0 Å². The topological polar surface area (TPSA) is 84.9 Å². The number of sulfonamides is 1. The lowest BCUT2D eigenvalue weighted by Gasteiger charge is -2.13. The molecule has 150 valence electrons. The number of hydrogen-bond acceptors (Lipinski definition) is 5. The van der Waals surface area contributed by atoms with Crippen LogP contribution in [-0.4, -0.2) is 52.0 Å². The van der Waals surface area contributed by atoms with E-state index >= 15 is 0 Å². The van der Waals surface area contributed by atoms with Crippen molar-refractivity contribution in [1.29, 1.82) is 0 Å². The molecule has 7 nitrogen and oxygen atoms in total. The summed E-state index contributed by atoms with van der Waals surface area (Å²) >= 11 is 0. The van der Waals surface area contributed by atoms with E-state index in [0.29, 0.717) is 23.6 Å². The standard InChI is InChI=1S/C20H24N2O5S/c1-22(2)28(24,25)19-10-8-16(9-11-19)21-20(23)15-5-3-6-17(13-15)27-14-18-7-4-12-26-18/h3,5-6,8-11,13,18H,4,7,12,14H2,1-2H3,(H,21,23). The van der Waals surface area contributed by atoms with Crippen LogP contribution in [-0.2, 0) is 14.8 Å². The average Bonchev–Trinajstić information content (AvgIpc) is 3.20. The highest BCUT2D eigenvalue weighted by molar-refractivity contribution is 7.89. The summed E-state index contributed by atoms with van der Waals surface area (Å²) in [4.78, 5) is 12.7. The molecule has 0 aromatic heterocycles. The maximum atomic E-state index is 12.5. The molecule has 1 aliphatic rings. The van der Waals surface area contributed by atoms with Gasteiger partial charge in [-0.05, 0) is 55.3 Å². The van der Waals surface area contributed by atoms with Crippen LogP contribution in [0.1, 0.15) is 23.2 Å². The monoisotopic (exact) mass is 404 g/mol. The van der Waals surface area contributed by atoms with Gasteiger partial charge >= 0.3 is 0 Å². The quantitative estimate of drug-likeness (QED) is 0.767. The minimum absolute atomic E-state index is 0.106. The Morgan fingerprint density at radius 1 is 1.21 bits per heavy atom. The Morgan fingerprint density at radius 3 is 2.61 bits per heavy atom. The molecule has 1 unspecified atom stereocenters. The van der Waals surface area contributed by atoms with Crippen LogP contribution in [0.2, 0.25) is 0 Å². The van der Waals surface area contributed by atoms with Gasteiger partial charge in [0.1, 0.15) is 12.4 Å². The summed E-state index contributed by atoms with van der Waals surface area (Å²) in [6.45, 7) is 1.23. The minimum atomic E-state index is -3.50. The molecule has 3 rings (SSSR count). The van der Waals surface area contributed by atoms with Gasteiger partial charge in [0.15, 0.2) is 0 Å². The van der Waals surface area contributed by atoms with Gasteiger partial charge in [0.2, 0.25) is 10.0 Å². The number of rotatable bonds is 7. The van der Waals surface area contributed by atoms with Crippen LogP contribution in [0.4, 0.5) is 5.69 Å². The highest BCUT2D eigenvalue weighted by atomic mass is 32.2. The lowest BCUT2D eigenvalue weighted by molar-refractivity contribution is 0.0679. The number of nitrogens with zero attached hydrogens (tertiary/aromatic N) is 1. The van der Waals surface area contributed by atoms with Crippen molar-refractivity contribution >= 4 is 21.6 Å². The molecule has 28 heavy (non-hydrogen) atoms. The Bertz CT molecular complexity index is 920. The zero-order valence-electron chi connectivity index (χ0n) is 15.9. The van der Waals surface area contributed by atoms with Crippen molar-refractivity contribution in [1.82, 2.24) is 4.31 Å². The first-order valence-electron chi connectivity index (χ1n) is 9.04. The van der Waals surface area contributed by atoms with Gasteiger partial charge in [-0.1, -0.05) is 6.07 Å². The molecule has 8 heteroatoms. The molecule has 2 aromatic carbocycles. The normalized spacial score (nSPS) is 16.9. The van der Waals surface area contributed by atoms with Crippen LogP contribution >= 0.6 is 0 Å². The molecular formula is C20H24N2O5S. The maximum Gasteiger partial charge on any atom is 0.255 e. The average molecular weight is 404 g/mol. The van der Waals surface area contributed by atoms with E-state index in [1.807, 2.05) is 0 Å². The van der Waals surface area contributed by atoms with E-state index in [-0.39, 0.29) is 16.9 Å². The fraction of sp³-hybridized carbons (Fsp3) is 0.350. The maximum absolute atomic E-state index is 12.5. The third kappa shape index (κ3) is 4.89. The summed E-state index contributed by atoms with van der Waals surface area (Å²) in [6.07, 6.45) is 2.14. The summed E-state index contributed by atoms with van der Waals surface area (Å²) in [5.74, 6) is 0.307. The summed E-state index contributed by atoms with van der Waals surface area (Å²) in [7, 11) is -0.557. The summed E-state index contributed by atoms with van der Waals surface area (Å²) in [6, 6.07) is 13.0. The minimum Gasteiger partial charge on any atom is -0.491 e. The SMILES string of the molecule is CN(C)S(=O)(=O)c1ccc(NC(=O)c2cccc(OCC3CCCO3)c2)cc1. The molecule has 1 heterocycles. The number of anilines is 1. The lowest BCUT2D eigenvalue weighted by atomic mass is 10.2. The van der Waals surface area contributed by atoms with Crippen molar-refractivity contribution in [3.05, 3.63) is 54.1 Å². The van der Waals surface area contributed by atoms with E-state index in [1.54, 1.807) is 36.4 Å². The van der Waals surface area contributed by atoms with E-state index in [2.05, 4.69) is 5.32 Å². The van der Waals surface area contributed by atoms with Gasteiger partial charge in [-0.3, -0.25) is 4.79 Å². The van der Waals surface area contributed by atoms with Crippen molar-refractivity contribution in [3.63, 3.8) is 0 Å². The first-order valence-corrected chi connectivity index (χ1v) is 10.5. The molecule has 1 saturated heterocycles. The molecule has 1 amide bonds. The molecule has 0 spiro atoms. The van der Waals surface area contributed by atoms with E-state index in [0.717, 1.165) is 23.8 Å². The second-order valence-corrected chi connectivity index (χ2v) is 8.89. The molecule has 1 fully saturated rings. The van der Waals surface area contributed by atoms with E-state index in [4.69, 9.17) is 9.47 Å². The number of carbonyl (C=O) groups is 1. The Morgan fingerprint density at radius 2 is 1.96 bits per heavy atom. The van der Waals surface area contributed by atoms with Crippen molar-refractivity contribution in [2.75, 3.05) is 32.6 Å². The van der Waals surface area contributed by atoms with Crippen LogP contribution < -0.4 is 10.1 Å². The highest BCUT2D eigenvalue weighted by Crippen LogP contribution is 2.20. The predicted molar refractivity (Wildman–Crippen MR) is 106 cm³/mol. The molecule has 2 aromatic rings. The number of ether oxygens (including phenoxy) is 2. The smallest absolute Gasteiger partial charge is 0.255 e. The van der Waals surface area contributed by atoms with Crippen LogP contribution in [0.3, 0.4) is 0 Å². The molecule has 1 atom stereocenters. The van der Waals surface area contributed by atoms with Gasteiger partial charge in [0.25, 0.3) is 5.91 Å². The zero-order chi connectivity index (χ0) is 20.1. The Balaban J connectivity index is 1.63. The Labute approximate surface area is 165 Å². The lowest BCUT2D eigenvalue weighted by Crippen LogP contribution is -2.22. The molecule has 0 saturated carbocycles. The highest BCUT2D eigenvalue weighted by Gasteiger charge is 2.18. The van der Waals surface area contributed by atoms with Crippen molar-refractivity contribution in [3.8, 4) is 5.75 Å². The fourth-order valence-electron chi connectivity index (χ4n) is 2.82. The number of carbonyl (C=O) groups excluding carboxylic acids is 1. The van der Waals surface area contributed by atoms with Gasteiger partial charge in [-0.15, -0.1) is 0 Å². The second kappa shape index (κ2) is 8.72. The number of hydrogen-bond donors (Lipinski definition) is 1. The molecule has 0 bridgehead atoms. The second-order valence-electron chi connectivity index (χ2n) is 6.74. The van der Waals surface area contributed by atoms with E-state index in [1.165, 1.54) is 26.2 Å². The fourth-order valence-corrected chi connectivity index (χ4v) is 3.72. The van der Waals surface area contributed by atoms with Gasteiger partial charge in [0.05, 0.1) is 11.0 Å². The third-order valence-corrected chi connectivity index (χ3v) is 6.28. The summed E-state index contributed by atoms with van der Waals surface area (Å²) in [5.41, 5.74) is 0.961. The summed E-state index contributed by atoms with van der Waals surface area (Å²) < 4.78 is 36.6. The molecular weight excluding hydrogens is 380 g/mol. The van der Waals surface area contributed by atoms with Crippen molar-refractivity contribution in [2.45, 2.75) is 23.8 Å². The first kappa shape index (κ1) is 20.3. The predicted octanol–water partition coefficient (Wildman–Crippen LogP) is 2.75. The first-order chi connectivity index (χ1) is 13.4.